The van der Waals surface area contributed by atoms with E-state index >= 15 is 0 Å². The average molecular weight is 342 g/mol. The molecule has 0 amide bonds. The zero-order valence-electron chi connectivity index (χ0n) is 11.3. The molecular weight excluding hydrogens is 327 g/mol. The molecule has 1 aromatic carbocycles. The highest BCUT2D eigenvalue weighted by molar-refractivity contribution is 7.89. The molecule has 1 saturated carbocycles. The molecule has 1 aromatic rings. The van der Waals surface area contributed by atoms with Crippen LogP contribution in [0.5, 0.6) is 0 Å². The molecule has 0 saturated heterocycles. The molecule has 0 atom stereocenters. The number of rotatable bonds is 4. The Morgan fingerprint density at radius 2 is 1.95 bits per heavy atom. The second-order valence-corrected chi connectivity index (χ2v) is 7.22. The maximum Gasteiger partial charge on any atom is 0.416 e. The minimum absolute atomic E-state index is 0.101. The second kappa shape index (κ2) is 5.44. The van der Waals surface area contributed by atoms with E-state index in [0.717, 1.165) is 25.5 Å². The molecule has 0 unspecified atom stereocenters. The van der Waals surface area contributed by atoms with Gasteiger partial charge in [0.05, 0.1) is 10.5 Å². The van der Waals surface area contributed by atoms with Crippen LogP contribution in [0.3, 0.4) is 0 Å². The van der Waals surface area contributed by atoms with E-state index < -0.39 is 27.3 Å². The van der Waals surface area contributed by atoms with E-state index in [1.165, 1.54) is 6.07 Å². The van der Waals surface area contributed by atoms with E-state index in [1.54, 1.807) is 0 Å². The molecule has 1 N–H and O–H groups in total. The molecule has 3 nitrogen and oxygen atoms in total. The first-order valence-electron chi connectivity index (χ1n) is 6.38. The Labute approximate surface area is 126 Å². The molecule has 0 aromatic heterocycles. The maximum atomic E-state index is 12.9. The van der Waals surface area contributed by atoms with E-state index in [9.17, 15) is 21.6 Å². The molecule has 0 heterocycles. The van der Waals surface area contributed by atoms with Crippen molar-refractivity contribution < 1.29 is 21.6 Å². The van der Waals surface area contributed by atoms with Gasteiger partial charge in [-0.05, 0) is 43.9 Å². The Morgan fingerprint density at radius 3 is 2.38 bits per heavy atom. The number of nitrogens with one attached hydrogen (secondary N) is 1. The summed E-state index contributed by atoms with van der Waals surface area (Å²) in [4.78, 5) is -0.353. The summed E-state index contributed by atoms with van der Waals surface area (Å²) >= 11 is 5.79. The van der Waals surface area contributed by atoms with E-state index in [4.69, 9.17) is 11.6 Å². The number of sulfonamides is 1. The van der Waals surface area contributed by atoms with E-state index in [1.807, 2.05) is 0 Å². The van der Waals surface area contributed by atoms with Crippen molar-refractivity contribution in [1.82, 2.24) is 4.72 Å². The summed E-state index contributed by atoms with van der Waals surface area (Å²) in [6.07, 6.45) is -2.56. The van der Waals surface area contributed by atoms with Crippen LogP contribution in [0.15, 0.2) is 23.1 Å². The largest absolute Gasteiger partial charge is 0.416 e. The summed E-state index contributed by atoms with van der Waals surface area (Å²) in [5.41, 5.74) is -1.98. The Bertz CT molecular complexity index is 634. The molecule has 0 spiro atoms. The fourth-order valence-electron chi connectivity index (χ4n) is 2.42. The topological polar surface area (TPSA) is 46.2 Å². The molecular formula is C13H15ClF3NO2S. The zero-order valence-corrected chi connectivity index (χ0v) is 12.9. The predicted molar refractivity (Wildman–Crippen MR) is 73.8 cm³/mol. The van der Waals surface area contributed by atoms with Crippen LogP contribution in [-0.4, -0.2) is 19.8 Å². The van der Waals surface area contributed by atoms with Crippen LogP contribution >= 0.6 is 11.6 Å². The van der Waals surface area contributed by atoms with Crippen molar-refractivity contribution in [2.75, 3.05) is 5.88 Å². The summed E-state index contributed by atoms with van der Waals surface area (Å²) in [5, 5.41) is 0. The smallest absolute Gasteiger partial charge is 0.207 e. The van der Waals surface area contributed by atoms with Gasteiger partial charge in [-0.3, -0.25) is 0 Å². The van der Waals surface area contributed by atoms with Crippen LogP contribution in [0.25, 0.3) is 0 Å². The summed E-state index contributed by atoms with van der Waals surface area (Å²) in [6, 6.07) is 3.14. The molecule has 0 aliphatic heterocycles. The standard InChI is InChI=1S/C13H15ClF3NO2S/c1-9-10(13(15,16)17)4-2-5-11(9)21(19,20)18-12(8-14)6-3-7-12/h2,4-5,18H,3,6-8H2,1H3. The third kappa shape index (κ3) is 3.19. The molecule has 1 fully saturated rings. The lowest BCUT2D eigenvalue weighted by Crippen LogP contribution is -2.54. The number of hydrogen-bond acceptors (Lipinski definition) is 2. The van der Waals surface area contributed by atoms with Gasteiger partial charge in [-0.25, -0.2) is 13.1 Å². The number of benzene rings is 1. The van der Waals surface area contributed by atoms with Crippen LogP contribution in [-0.2, 0) is 16.2 Å². The van der Waals surface area contributed by atoms with Crippen molar-refractivity contribution in [1.29, 1.82) is 0 Å². The minimum Gasteiger partial charge on any atom is -0.207 e. The first-order chi connectivity index (χ1) is 9.61. The van der Waals surface area contributed by atoms with Gasteiger partial charge in [-0.2, -0.15) is 13.2 Å². The van der Waals surface area contributed by atoms with Crippen LogP contribution in [0.2, 0.25) is 0 Å². The van der Waals surface area contributed by atoms with Gasteiger partial charge in [0.2, 0.25) is 10.0 Å². The van der Waals surface area contributed by atoms with Gasteiger partial charge in [-0.1, -0.05) is 6.07 Å². The maximum absolute atomic E-state index is 12.9. The van der Waals surface area contributed by atoms with Crippen molar-refractivity contribution in [2.45, 2.75) is 42.8 Å². The van der Waals surface area contributed by atoms with E-state index in [0.29, 0.717) is 12.8 Å². The molecule has 21 heavy (non-hydrogen) atoms. The highest BCUT2D eigenvalue weighted by Gasteiger charge is 2.41. The van der Waals surface area contributed by atoms with E-state index in [-0.39, 0.29) is 16.3 Å². The predicted octanol–water partition coefficient (Wildman–Crippen LogP) is 3.45. The van der Waals surface area contributed by atoms with Gasteiger partial charge < -0.3 is 0 Å². The van der Waals surface area contributed by atoms with Crippen LogP contribution in [0, 0.1) is 6.92 Å². The van der Waals surface area contributed by atoms with Gasteiger partial charge in [0.1, 0.15) is 0 Å². The first-order valence-corrected chi connectivity index (χ1v) is 8.40. The van der Waals surface area contributed by atoms with Crippen molar-refractivity contribution >= 4 is 21.6 Å². The highest BCUT2D eigenvalue weighted by atomic mass is 35.5. The average Bonchev–Trinajstić information content (AvgIpc) is 2.32. The Morgan fingerprint density at radius 1 is 1.33 bits per heavy atom. The fourth-order valence-corrected chi connectivity index (χ4v) is 4.56. The molecule has 118 valence electrons. The monoisotopic (exact) mass is 341 g/mol. The lowest BCUT2D eigenvalue weighted by Gasteiger charge is -2.40. The van der Waals surface area contributed by atoms with Gasteiger partial charge in [0.25, 0.3) is 0 Å². The Kier molecular flexibility index (Phi) is 4.30. The summed E-state index contributed by atoms with van der Waals surface area (Å²) < 4.78 is 65.8. The van der Waals surface area contributed by atoms with E-state index in [2.05, 4.69) is 4.72 Å². The third-order valence-corrected chi connectivity index (χ3v) is 6.03. The van der Waals surface area contributed by atoms with Gasteiger partial charge in [0, 0.05) is 11.4 Å². The van der Waals surface area contributed by atoms with Crippen LogP contribution in [0.1, 0.15) is 30.4 Å². The zero-order chi connectivity index (χ0) is 15.9. The lowest BCUT2D eigenvalue weighted by atomic mass is 9.79. The molecule has 0 bridgehead atoms. The summed E-state index contributed by atoms with van der Waals surface area (Å²) in [6.45, 7) is 1.16. The number of hydrogen-bond donors (Lipinski definition) is 1. The van der Waals surface area contributed by atoms with Crippen molar-refractivity contribution in [3.63, 3.8) is 0 Å². The first kappa shape index (κ1) is 16.6. The van der Waals surface area contributed by atoms with Gasteiger partial charge >= 0.3 is 6.18 Å². The molecule has 1 aliphatic carbocycles. The fraction of sp³-hybridized carbons (Fsp3) is 0.538. The van der Waals surface area contributed by atoms with Crippen LogP contribution in [0.4, 0.5) is 13.2 Å². The molecule has 0 radical (unpaired) electrons. The van der Waals surface area contributed by atoms with Crippen molar-refractivity contribution in [3.05, 3.63) is 29.3 Å². The Hall–Kier alpha value is -0.790. The van der Waals surface area contributed by atoms with Gasteiger partial charge in [0.15, 0.2) is 0 Å². The Balaban J connectivity index is 2.42. The quantitative estimate of drug-likeness (QED) is 0.853. The second-order valence-electron chi connectivity index (χ2n) is 5.30. The van der Waals surface area contributed by atoms with Crippen LogP contribution < -0.4 is 4.72 Å². The lowest BCUT2D eigenvalue weighted by molar-refractivity contribution is -0.138. The SMILES string of the molecule is Cc1c(C(F)(F)F)cccc1S(=O)(=O)NC1(CCl)CCC1. The van der Waals surface area contributed by atoms with Gasteiger partial charge in [-0.15, -0.1) is 11.6 Å². The summed E-state index contributed by atoms with van der Waals surface area (Å²) in [5.74, 6) is 0.101. The molecule has 8 heteroatoms. The molecule has 2 rings (SSSR count). The van der Waals surface area contributed by atoms with Crippen molar-refractivity contribution in [2.24, 2.45) is 0 Å². The normalized spacial score (nSPS) is 18.3. The highest BCUT2D eigenvalue weighted by Crippen LogP contribution is 2.37. The summed E-state index contributed by atoms with van der Waals surface area (Å²) in [7, 11) is -4.04. The molecule has 1 aliphatic rings. The minimum atomic E-state index is -4.59. The van der Waals surface area contributed by atoms with Crippen molar-refractivity contribution in [3.8, 4) is 0 Å². The number of alkyl halides is 4. The third-order valence-electron chi connectivity index (χ3n) is 3.80. The number of halogens is 4.